The van der Waals surface area contributed by atoms with Gasteiger partial charge >= 0.3 is 0 Å². The van der Waals surface area contributed by atoms with E-state index >= 15 is 0 Å². The zero-order valence-electron chi connectivity index (χ0n) is 10.2. The average molecular weight is 294 g/mol. The molecular weight excluding hydrogens is 285 g/mol. The predicted molar refractivity (Wildman–Crippen MR) is 72.5 cm³/mol. The molecule has 2 rings (SSSR count). The molecule has 0 aromatic heterocycles. The number of benzene rings is 2. The number of Topliss-reactive ketones (excluding diaryl/α,β-unsaturated/α-hetero) is 1. The third kappa shape index (κ3) is 3.19. The summed E-state index contributed by atoms with van der Waals surface area (Å²) in [4.78, 5) is 22.2. The van der Waals surface area contributed by atoms with Crippen LogP contribution >= 0.6 is 11.6 Å². The molecule has 0 aliphatic rings. The monoisotopic (exact) mass is 293 g/mol. The molecule has 2 aromatic carbocycles. The third-order valence-electron chi connectivity index (χ3n) is 2.73. The van der Waals surface area contributed by atoms with E-state index in [2.05, 4.69) is 0 Å². The number of hydrogen-bond acceptors (Lipinski definition) is 3. The van der Waals surface area contributed by atoms with Gasteiger partial charge in [-0.2, -0.15) is 0 Å². The van der Waals surface area contributed by atoms with Crippen LogP contribution in [0.2, 0.25) is 5.02 Å². The molecule has 0 heterocycles. The molecule has 0 unspecified atom stereocenters. The molecule has 0 radical (unpaired) electrons. The predicted octanol–water partition coefficient (Wildman–Crippen LogP) is 3.81. The largest absolute Gasteiger partial charge is 0.294 e. The summed E-state index contributed by atoms with van der Waals surface area (Å²) in [6, 6.07) is 9.49. The van der Waals surface area contributed by atoms with Gasteiger partial charge in [-0.3, -0.25) is 14.9 Å². The number of nitro benzene ring substituents is 1. The number of rotatable bonds is 4. The normalized spacial score (nSPS) is 10.3. The van der Waals surface area contributed by atoms with Crippen LogP contribution in [-0.2, 0) is 6.42 Å². The molecule has 0 fully saturated rings. The number of nitrogens with zero attached hydrogens (tertiary/aromatic N) is 1. The van der Waals surface area contributed by atoms with Crippen LogP contribution < -0.4 is 0 Å². The van der Waals surface area contributed by atoms with Crippen molar-refractivity contribution in [1.29, 1.82) is 0 Å². The van der Waals surface area contributed by atoms with Crippen molar-refractivity contribution < 1.29 is 14.1 Å². The zero-order valence-corrected chi connectivity index (χ0v) is 10.9. The summed E-state index contributed by atoms with van der Waals surface area (Å²) >= 11 is 5.73. The number of nitro groups is 1. The lowest BCUT2D eigenvalue weighted by Crippen LogP contribution is -2.07. The van der Waals surface area contributed by atoms with Gasteiger partial charge in [-0.25, -0.2) is 4.39 Å². The van der Waals surface area contributed by atoms with Crippen molar-refractivity contribution in [2.75, 3.05) is 0 Å². The van der Waals surface area contributed by atoms with E-state index in [-0.39, 0.29) is 12.0 Å². The maximum Gasteiger partial charge on any atom is 0.283 e. The number of ketones is 1. The first-order chi connectivity index (χ1) is 9.47. The Morgan fingerprint density at radius 1 is 1.20 bits per heavy atom. The molecule has 20 heavy (non-hydrogen) atoms. The van der Waals surface area contributed by atoms with Gasteiger partial charge < -0.3 is 0 Å². The van der Waals surface area contributed by atoms with Crippen molar-refractivity contribution in [2.24, 2.45) is 0 Å². The second kappa shape index (κ2) is 5.79. The van der Waals surface area contributed by atoms with E-state index in [4.69, 9.17) is 11.6 Å². The van der Waals surface area contributed by atoms with Crippen LogP contribution in [-0.4, -0.2) is 10.7 Å². The Hall–Kier alpha value is -2.27. The molecule has 2 aromatic rings. The van der Waals surface area contributed by atoms with E-state index in [9.17, 15) is 19.3 Å². The molecule has 0 aliphatic carbocycles. The molecule has 4 nitrogen and oxygen atoms in total. The second-order valence-electron chi connectivity index (χ2n) is 4.14. The van der Waals surface area contributed by atoms with Gasteiger partial charge in [0, 0.05) is 11.4 Å². The lowest BCUT2D eigenvalue weighted by molar-refractivity contribution is -0.385. The molecular formula is C14H9ClFNO3. The van der Waals surface area contributed by atoms with E-state index < -0.39 is 22.2 Å². The Bertz CT molecular complexity index is 671. The van der Waals surface area contributed by atoms with Crippen molar-refractivity contribution in [1.82, 2.24) is 0 Å². The average Bonchev–Trinajstić information content (AvgIpc) is 2.41. The van der Waals surface area contributed by atoms with E-state index in [1.54, 1.807) is 24.3 Å². The molecule has 0 atom stereocenters. The van der Waals surface area contributed by atoms with Gasteiger partial charge in [-0.05, 0) is 29.8 Å². The van der Waals surface area contributed by atoms with Crippen molar-refractivity contribution in [3.05, 3.63) is 74.5 Å². The maximum atomic E-state index is 13.0. The van der Waals surface area contributed by atoms with E-state index in [0.29, 0.717) is 10.6 Å². The Labute approximate surface area is 119 Å². The topological polar surface area (TPSA) is 60.2 Å². The second-order valence-corrected chi connectivity index (χ2v) is 4.58. The van der Waals surface area contributed by atoms with Crippen molar-refractivity contribution in [3.8, 4) is 0 Å². The Morgan fingerprint density at radius 2 is 1.85 bits per heavy atom. The lowest BCUT2D eigenvalue weighted by atomic mass is 10.0. The molecule has 6 heteroatoms. The first-order valence-corrected chi connectivity index (χ1v) is 6.07. The van der Waals surface area contributed by atoms with Crippen LogP contribution in [0, 0.1) is 15.9 Å². The van der Waals surface area contributed by atoms with Crippen LogP contribution in [0.3, 0.4) is 0 Å². The fraction of sp³-hybridized carbons (Fsp3) is 0.0714. The summed E-state index contributed by atoms with van der Waals surface area (Å²) in [5.74, 6) is -1.20. The maximum absolute atomic E-state index is 13.0. The van der Waals surface area contributed by atoms with E-state index in [1.165, 1.54) is 0 Å². The minimum Gasteiger partial charge on any atom is -0.294 e. The van der Waals surface area contributed by atoms with Gasteiger partial charge in [0.2, 0.25) is 0 Å². The highest BCUT2D eigenvalue weighted by Gasteiger charge is 2.20. The van der Waals surface area contributed by atoms with Gasteiger partial charge in [-0.1, -0.05) is 23.7 Å². The summed E-state index contributed by atoms with van der Waals surface area (Å²) < 4.78 is 13.0. The van der Waals surface area contributed by atoms with Gasteiger partial charge in [0.05, 0.1) is 16.6 Å². The van der Waals surface area contributed by atoms with Gasteiger partial charge in [-0.15, -0.1) is 0 Å². The van der Waals surface area contributed by atoms with E-state index in [1.807, 2.05) is 0 Å². The summed E-state index contributed by atoms with van der Waals surface area (Å²) in [6.45, 7) is 0. The van der Waals surface area contributed by atoms with Crippen molar-refractivity contribution in [2.45, 2.75) is 6.42 Å². The van der Waals surface area contributed by atoms with Crippen LogP contribution in [0.1, 0.15) is 15.9 Å². The number of halogens is 2. The first kappa shape index (κ1) is 14.1. The van der Waals surface area contributed by atoms with E-state index in [0.717, 1.165) is 18.2 Å². The first-order valence-electron chi connectivity index (χ1n) is 5.69. The fourth-order valence-electron chi connectivity index (χ4n) is 1.77. The highest BCUT2D eigenvalue weighted by atomic mass is 35.5. The lowest BCUT2D eigenvalue weighted by Gasteiger charge is -2.03. The fourth-order valence-corrected chi connectivity index (χ4v) is 1.90. The minimum atomic E-state index is -0.766. The molecule has 0 bridgehead atoms. The quantitative estimate of drug-likeness (QED) is 0.489. The Balaban J connectivity index is 2.29. The van der Waals surface area contributed by atoms with Crippen molar-refractivity contribution >= 4 is 23.1 Å². The molecule has 0 saturated carbocycles. The summed E-state index contributed by atoms with van der Waals surface area (Å²) in [5.41, 5.74) is 0.0494. The smallest absolute Gasteiger partial charge is 0.283 e. The highest BCUT2D eigenvalue weighted by molar-refractivity contribution is 6.30. The Morgan fingerprint density at radius 3 is 2.45 bits per heavy atom. The highest BCUT2D eigenvalue weighted by Crippen LogP contribution is 2.22. The summed E-state index contributed by atoms with van der Waals surface area (Å²) in [7, 11) is 0. The number of carbonyl (C=O) groups excluding carboxylic acids is 1. The van der Waals surface area contributed by atoms with Crippen molar-refractivity contribution in [3.63, 3.8) is 0 Å². The zero-order chi connectivity index (χ0) is 14.7. The molecule has 0 saturated heterocycles. The standard InChI is InChI=1S/C14H9ClFNO3/c15-10-3-1-9(2-4-10)7-14(18)12-6-5-11(16)8-13(12)17(19)20/h1-6,8H,7H2. The Kier molecular flexibility index (Phi) is 4.10. The molecule has 0 aliphatic heterocycles. The SMILES string of the molecule is O=C(Cc1ccc(Cl)cc1)c1ccc(F)cc1[N+](=O)[O-]. The van der Waals surface area contributed by atoms with Crippen LogP contribution in [0.5, 0.6) is 0 Å². The molecule has 0 spiro atoms. The van der Waals surface area contributed by atoms with Crippen LogP contribution in [0.15, 0.2) is 42.5 Å². The minimum absolute atomic E-state index is 0.0103. The summed E-state index contributed by atoms with van der Waals surface area (Å²) in [6.07, 6.45) is -0.0103. The van der Waals surface area contributed by atoms with Crippen LogP contribution in [0.4, 0.5) is 10.1 Å². The van der Waals surface area contributed by atoms with Crippen LogP contribution in [0.25, 0.3) is 0 Å². The van der Waals surface area contributed by atoms with Gasteiger partial charge in [0.25, 0.3) is 5.69 Å². The number of hydrogen-bond donors (Lipinski definition) is 0. The van der Waals surface area contributed by atoms with Gasteiger partial charge in [0.15, 0.2) is 5.78 Å². The summed E-state index contributed by atoms with van der Waals surface area (Å²) in [5, 5.41) is 11.4. The molecule has 0 N–H and O–H groups in total. The number of carbonyl (C=O) groups is 1. The molecule has 102 valence electrons. The third-order valence-corrected chi connectivity index (χ3v) is 2.99. The molecule has 0 amide bonds. The van der Waals surface area contributed by atoms with Gasteiger partial charge in [0.1, 0.15) is 5.82 Å².